The molecule has 1 fully saturated rings. The number of anilines is 2. The maximum atomic E-state index is 12.3. The molecule has 1 saturated heterocycles. The lowest BCUT2D eigenvalue weighted by Crippen LogP contribution is -2.36. The third kappa shape index (κ3) is 6.06. The van der Waals surface area contributed by atoms with Gasteiger partial charge in [0.2, 0.25) is 11.8 Å². The van der Waals surface area contributed by atoms with Crippen LogP contribution in [0.1, 0.15) is 17.5 Å². The zero-order valence-corrected chi connectivity index (χ0v) is 17.1. The second kappa shape index (κ2) is 10.4. The van der Waals surface area contributed by atoms with Crippen molar-refractivity contribution in [2.75, 3.05) is 50.1 Å². The van der Waals surface area contributed by atoms with Gasteiger partial charge in [-0.2, -0.15) is 5.26 Å². The Bertz CT molecular complexity index is 898. The molecular formula is C23H26N4O3. The van der Waals surface area contributed by atoms with E-state index in [4.69, 9.17) is 10.00 Å². The zero-order chi connectivity index (χ0) is 21.3. The molecule has 0 spiro atoms. The van der Waals surface area contributed by atoms with E-state index in [9.17, 15) is 9.59 Å². The molecule has 0 saturated carbocycles. The second-order valence-electron chi connectivity index (χ2n) is 7.25. The monoisotopic (exact) mass is 406 g/mol. The topological polar surface area (TPSA) is 85.7 Å². The summed E-state index contributed by atoms with van der Waals surface area (Å²) in [5.74, 6) is -0.333. The summed E-state index contributed by atoms with van der Waals surface area (Å²) in [6, 6.07) is 16.9. The molecule has 2 aromatic rings. The number of amides is 2. The number of rotatable bonds is 7. The molecule has 0 aromatic heterocycles. The first kappa shape index (κ1) is 21.3. The molecule has 0 unspecified atom stereocenters. The molecular weight excluding hydrogens is 380 g/mol. The van der Waals surface area contributed by atoms with Crippen LogP contribution in [-0.2, 0) is 20.7 Å². The van der Waals surface area contributed by atoms with Crippen molar-refractivity contribution in [3.63, 3.8) is 0 Å². The minimum absolute atomic E-state index is 0.00256. The number of hydrogen-bond acceptors (Lipinski definition) is 5. The van der Waals surface area contributed by atoms with E-state index in [1.54, 1.807) is 19.2 Å². The van der Waals surface area contributed by atoms with Crippen LogP contribution in [0.4, 0.5) is 11.4 Å². The summed E-state index contributed by atoms with van der Waals surface area (Å²) >= 11 is 0. The molecule has 3 rings (SSSR count). The Labute approximate surface area is 176 Å². The third-order valence-corrected chi connectivity index (χ3v) is 5.04. The summed E-state index contributed by atoms with van der Waals surface area (Å²) in [5.41, 5.74) is 3.39. The normalized spacial score (nSPS) is 13.4. The summed E-state index contributed by atoms with van der Waals surface area (Å²) in [4.78, 5) is 28.3. The summed E-state index contributed by atoms with van der Waals surface area (Å²) in [6.07, 6.45) is 0.878. The van der Waals surface area contributed by atoms with E-state index in [2.05, 4.69) is 16.3 Å². The van der Waals surface area contributed by atoms with E-state index < -0.39 is 0 Å². The lowest BCUT2D eigenvalue weighted by atomic mass is 10.1. The van der Waals surface area contributed by atoms with Crippen LogP contribution in [-0.4, -0.2) is 56.6 Å². The van der Waals surface area contributed by atoms with Crippen LogP contribution in [0.15, 0.2) is 48.5 Å². The fourth-order valence-electron chi connectivity index (χ4n) is 3.27. The number of nitrogens with zero attached hydrogens (tertiary/aromatic N) is 3. The van der Waals surface area contributed by atoms with Gasteiger partial charge in [0.15, 0.2) is 0 Å². The van der Waals surface area contributed by atoms with Crippen molar-refractivity contribution in [3.05, 3.63) is 59.7 Å². The van der Waals surface area contributed by atoms with Crippen molar-refractivity contribution < 1.29 is 14.3 Å². The van der Waals surface area contributed by atoms with E-state index in [0.29, 0.717) is 24.1 Å². The van der Waals surface area contributed by atoms with E-state index in [0.717, 1.165) is 37.6 Å². The maximum absolute atomic E-state index is 12.3. The van der Waals surface area contributed by atoms with E-state index >= 15 is 0 Å². The summed E-state index contributed by atoms with van der Waals surface area (Å²) in [7, 11) is 1.63. The Hall–Kier alpha value is -3.37. The highest BCUT2D eigenvalue weighted by Gasteiger charge is 2.14. The highest BCUT2D eigenvalue weighted by Crippen LogP contribution is 2.19. The minimum atomic E-state index is -0.233. The van der Waals surface area contributed by atoms with Crippen LogP contribution in [0.5, 0.6) is 0 Å². The van der Waals surface area contributed by atoms with Gasteiger partial charge in [0.25, 0.3) is 0 Å². The van der Waals surface area contributed by atoms with E-state index in [1.165, 1.54) is 4.90 Å². The van der Waals surface area contributed by atoms with Crippen molar-refractivity contribution in [2.24, 2.45) is 0 Å². The number of benzene rings is 2. The smallest absolute Gasteiger partial charge is 0.243 e. The predicted molar refractivity (Wildman–Crippen MR) is 115 cm³/mol. The number of carbonyl (C=O) groups is 2. The first-order valence-corrected chi connectivity index (χ1v) is 10.0. The molecule has 0 radical (unpaired) electrons. The summed E-state index contributed by atoms with van der Waals surface area (Å²) < 4.78 is 5.36. The molecule has 2 amide bonds. The molecule has 1 N–H and O–H groups in total. The van der Waals surface area contributed by atoms with Crippen molar-refractivity contribution in [2.45, 2.75) is 12.8 Å². The van der Waals surface area contributed by atoms with Crippen LogP contribution in [0, 0.1) is 11.3 Å². The summed E-state index contributed by atoms with van der Waals surface area (Å²) in [5, 5.41) is 11.7. The van der Waals surface area contributed by atoms with Gasteiger partial charge in [-0.1, -0.05) is 12.1 Å². The largest absolute Gasteiger partial charge is 0.378 e. The predicted octanol–water partition coefficient (Wildman–Crippen LogP) is 2.42. The third-order valence-electron chi connectivity index (χ3n) is 5.04. The molecule has 7 heteroatoms. The number of aryl methyl sites for hydroxylation is 1. The van der Waals surface area contributed by atoms with Crippen molar-refractivity contribution in [3.8, 4) is 6.07 Å². The van der Waals surface area contributed by atoms with Crippen LogP contribution in [0.25, 0.3) is 0 Å². The van der Waals surface area contributed by atoms with E-state index in [1.807, 2.05) is 36.4 Å². The molecule has 2 aromatic carbocycles. The lowest BCUT2D eigenvalue weighted by Gasteiger charge is -2.28. The van der Waals surface area contributed by atoms with Gasteiger partial charge in [-0.25, -0.2) is 0 Å². The Morgan fingerprint density at radius 2 is 1.77 bits per heavy atom. The highest BCUT2D eigenvalue weighted by molar-refractivity contribution is 5.94. The number of nitriles is 1. The van der Waals surface area contributed by atoms with Crippen molar-refractivity contribution in [1.82, 2.24) is 4.90 Å². The van der Waals surface area contributed by atoms with Crippen LogP contribution in [0.2, 0.25) is 0 Å². The fourth-order valence-corrected chi connectivity index (χ4v) is 3.27. The fraction of sp³-hybridized carbons (Fsp3) is 0.348. The quantitative estimate of drug-likeness (QED) is 0.763. The number of likely N-dealkylation sites (N-methyl/N-ethyl adjacent to an activating group) is 1. The first-order chi connectivity index (χ1) is 14.5. The van der Waals surface area contributed by atoms with Crippen LogP contribution >= 0.6 is 0 Å². The molecule has 0 aliphatic carbocycles. The molecule has 156 valence electrons. The van der Waals surface area contributed by atoms with Crippen LogP contribution < -0.4 is 10.2 Å². The maximum Gasteiger partial charge on any atom is 0.243 e. The van der Waals surface area contributed by atoms with Crippen molar-refractivity contribution >= 4 is 23.2 Å². The Kier molecular flexibility index (Phi) is 7.41. The number of morpholine rings is 1. The summed E-state index contributed by atoms with van der Waals surface area (Å²) in [6.45, 7) is 3.17. The van der Waals surface area contributed by atoms with Gasteiger partial charge in [-0.15, -0.1) is 0 Å². The Morgan fingerprint density at radius 3 is 2.40 bits per heavy atom. The average molecular weight is 406 g/mol. The molecule has 30 heavy (non-hydrogen) atoms. The molecule has 1 heterocycles. The number of carbonyl (C=O) groups excluding carboxylic acids is 2. The van der Waals surface area contributed by atoms with Gasteiger partial charge >= 0.3 is 0 Å². The van der Waals surface area contributed by atoms with Gasteiger partial charge in [-0.3, -0.25) is 9.59 Å². The lowest BCUT2D eigenvalue weighted by molar-refractivity contribution is -0.133. The molecule has 1 aliphatic rings. The molecule has 1 aliphatic heterocycles. The van der Waals surface area contributed by atoms with Gasteiger partial charge in [0.05, 0.1) is 31.4 Å². The zero-order valence-electron chi connectivity index (χ0n) is 17.1. The molecule has 0 bridgehead atoms. The average Bonchev–Trinajstić information content (AvgIpc) is 2.78. The Balaban J connectivity index is 1.44. The molecule has 7 nitrogen and oxygen atoms in total. The standard InChI is InChI=1S/C23H26N4O3/c1-26(23(29)11-6-18-2-4-19(16-24)5-3-18)17-22(28)25-20-7-9-21(10-8-20)27-12-14-30-15-13-27/h2-5,7-10H,6,11-15,17H2,1H3,(H,25,28). The first-order valence-electron chi connectivity index (χ1n) is 10.0. The van der Waals surface area contributed by atoms with Gasteiger partial charge in [-0.05, 0) is 48.4 Å². The SMILES string of the molecule is CN(CC(=O)Nc1ccc(N2CCOCC2)cc1)C(=O)CCc1ccc(C#N)cc1. The van der Waals surface area contributed by atoms with Gasteiger partial charge in [0, 0.05) is 37.9 Å². The van der Waals surface area contributed by atoms with Gasteiger partial charge < -0.3 is 19.9 Å². The van der Waals surface area contributed by atoms with Crippen molar-refractivity contribution in [1.29, 1.82) is 5.26 Å². The number of hydrogen-bond donors (Lipinski definition) is 1. The van der Waals surface area contributed by atoms with Crippen LogP contribution in [0.3, 0.4) is 0 Å². The highest BCUT2D eigenvalue weighted by atomic mass is 16.5. The Morgan fingerprint density at radius 1 is 1.10 bits per heavy atom. The minimum Gasteiger partial charge on any atom is -0.378 e. The number of ether oxygens (including phenoxy) is 1. The van der Waals surface area contributed by atoms with Gasteiger partial charge in [0.1, 0.15) is 0 Å². The second-order valence-corrected chi connectivity index (χ2v) is 7.25. The van der Waals surface area contributed by atoms with E-state index in [-0.39, 0.29) is 18.4 Å². The number of nitrogens with one attached hydrogen (secondary N) is 1. The molecule has 0 atom stereocenters.